The average Bonchev–Trinajstić information content (AvgIpc) is 3.78. The predicted molar refractivity (Wildman–Crippen MR) is 188 cm³/mol. The summed E-state index contributed by atoms with van der Waals surface area (Å²) in [5.41, 5.74) is 6.84. The molecule has 3 heterocycles. The number of hydrogen-bond donors (Lipinski definition) is 0. The zero-order valence-electron chi connectivity index (χ0n) is 24.0. The van der Waals surface area contributed by atoms with Crippen LogP contribution in [0.4, 0.5) is 0 Å². The van der Waals surface area contributed by atoms with Crippen LogP contribution in [-0.4, -0.2) is 4.57 Å². The topological polar surface area (TPSA) is 31.2 Å². The van der Waals surface area contributed by atoms with E-state index in [0.29, 0.717) is 0 Å². The van der Waals surface area contributed by atoms with Gasteiger partial charge in [-0.25, -0.2) is 0 Å². The Bertz CT molecular complexity index is 3040. The lowest BCUT2D eigenvalue weighted by atomic mass is 9.89. The van der Waals surface area contributed by atoms with Crippen molar-refractivity contribution in [3.8, 4) is 5.69 Å². The quantitative estimate of drug-likeness (QED) is 0.183. The monoisotopic (exact) mass is 573 g/mol. The van der Waals surface area contributed by atoms with Crippen molar-refractivity contribution in [3.63, 3.8) is 0 Å². The number of fused-ring (bicyclic) bond motifs is 18. The maximum Gasteiger partial charge on any atom is 0.160 e. The number of aromatic nitrogens is 1. The molecule has 3 heteroatoms. The molecule has 0 amide bonds. The molecule has 0 saturated carbocycles. The van der Waals surface area contributed by atoms with E-state index in [1.807, 2.05) is 12.1 Å². The summed E-state index contributed by atoms with van der Waals surface area (Å²) in [6, 6.07) is 49.6. The molecular weight excluding hydrogens is 550 g/mol. The minimum Gasteiger partial charge on any atom is -0.456 e. The molecule has 0 aliphatic rings. The van der Waals surface area contributed by atoms with Crippen LogP contribution in [0.1, 0.15) is 0 Å². The molecule has 45 heavy (non-hydrogen) atoms. The molecule has 3 nitrogen and oxygen atoms in total. The van der Waals surface area contributed by atoms with Crippen LogP contribution in [0, 0.1) is 0 Å². The zero-order valence-corrected chi connectivity index (χ0v) is 24.0. The van der Waals surface area contributed by atoms with E-state index in [2.05, 4.69) is 132 Å². The fourth-order valence-corrected chi connectivity index (χ4v) is 8.02. The highest BCUT2D eigenvalue weighted by Crippen LogP contribution is 2.50. The normalized spacial score (nSPS) is 12.4. The van der Waals surface area contributed by atoms with Crippen molar-refractivity contribution in [1.82, 2.24) is 4.57 Å². The maximum absolute atomic E-state index is 6.96. The Kier molecular flexibility index (Phi) is 4.32. The summed E-state index contributed by atoms with van der Waals surface area (Å²) in [7, 11) is 0. The maximum atomic E-state index is 6.96. The molecule has 0 aliphatic carbocycles. The van der Waals surface area contributed by atoms with E-state index in [1.165, 1.54) is 43.1 Å². The van der Waals surface area contributed by atoms with Crippen LogP contribution >= 0.6 is 0 Å². The molecular formula is C42H23NO2. The Labute approximate surface area is 256 Å². The molecule has 11 rings (SSSR count). The number of nitrogens with zero attached hydrogens (tertiary/aromatic N) is 1. The van der Waals surface area contributed by atoms with Gasteiger partial charge in [0.1, 0.15) is 16.7 Å². The lowest BCUT2D eigenvalue weighted by Crippen LogP contribution is -1.95. The van der Waals surface area contributed by atoms with Gasteiger partial charge in [0.05, 0.1) is 22.1 Å². The van der Waals surface area contributed by atoms with E-state index in [0.717, 1.165) is 60.6 Å². The van der Waals surface area contributed by atoms with E-state index in [9.17, 15) is 0 Å². The standard InChI is InChI=1S/C42H23NO2/c1-3-14-26-24(12-1)25-13-2-4-15-27(25)38-37(26)39-28-16-5-8-19-31(28)43(41(39)42-40(38)30-18-7-10-22-34(30)45-42)32-20-11-23-35-36(32)29-17-6-9-21-33(29)44-35/h1-23H. The van der Waals surface area contributed by atoms with Gasteiger partial charge in [0.15, 0.2) is 5.58 Å². The Morgan fingerprint density at radius 1 is 0.333 bits per heavy atom. The van der Waals surface area contributed by atoms with E-state index in [1.54, 1.807) is 0 Å². The summed E-state index contributed by atoms with van der Waals surface area (Å²) < 4.78 is 15.8. The first-order valence-electron chi connectivity index (χ1n) is 15.4. The number of hydrogen-bond acceptors (Lipinski definition) is 2. The van der Waals surface area contributed by atoms with Crippen LogP contribution in [0.5, 0.6) is 0 Å². The number of furan rings is 2. The Morgan fingerprint density at radius 3 is 1.56 bits per heavy atom. The van der Waals surface area contributed by atoms with Crippen LogP contribution < -0.4 is 0 Å². The van der Waals surface area contributed by atoms with Gasteiger partial charge >= 0.3 is 0 Å². The second kappa shape index (κ2) is 8.31. The Morgan fingerprint density at radius 2 is 0.844 bits per heavy atom. The van der Waals surface area contributed by atoms with Gasteiger partial charge in [-0.3, -0.25) is 0 Å². The molecule has 11 aromatic rings. The smallest absolute Gasteiger partial charge is 0.160 e. The van der Waals surface area contributed by atoms with Crippen molar-refractivity contribution >= 4 is 98.0 Å². The fourth-order valence-electron chi connectivity index (χ4n) is 8.02. The van der Waals surface area contributed by atoms with Gasteiger partial charge in [0.25, 0.3) is 0 Å². The number of benzene rings is 8. The van der Waals surface area contributed by atoms with Gasteiger partial charge in [-0.1, -0.05) is 109 Å². The SMILES string of the molecule is c1ccc2c(c1)oc1cccc(-n3c4ccccc4c4c5c6ccccc6c6ccccc6c5c5c6ccccc6oc5c43)c12. The van der Waals surface area contributed by atoms with Gasteiger partial charge in [0, 0.05) is 37.7 Å². The zero-order chi connectivity index (χ0) is 29.2. The van der Waals surface area contributed by atoms with Crippen LogP contribution in [0.25, 0.3) is 104 Å². The first-order valence-corrected chi connectivity index (χ1v) is 15.4. The molecule has 0 aliphatic heterocycles. The Balaban J connectivity index is 1.53. The molecule has 8 aromatic carbocycles. The lowest BCUT2D eigenvalue weighted by molar-refractivity contribution is 0.668. The van der Waals surface area contributed by atoms with Crippen molar-refractivity contribution in [2.45, 2.75) is 0 Å². The summed E-state index contributed by atoms with van der Waals surface area (Å²) in [6.07, 6.45) is 0. The molecule has 208 valence electrons. The highest BCUT2D eigenvalue weighted by molar-refractivity contribution is 6.44. The third-order valence-electron chi connectivity index (χ3n) is 9.74. The number of para-hydroxylation sites is 3. The van der Waals surface area contributed by atoms with Crippen molar-refractivity contribution in [2.75, 3.05) is 0 Å². The highest BCUT2D eigenvalue weighted by Gasteiger charge is 2.26. The molecule has 0 unspecified atom stereocenters. The molecule has 0 saturated heterocycles. The second-order valence-electron chi connectivity index (χ2n) is 12.0. The first-order chi connectivity index (χ1) is 22.4. The van der Waals surface area contributed by atoms with Crippen molar-refractivity contribution in [1.29, 1.82) is 0 Å². The molecule has 0 bridgehead atoms. The number of rotatable bonds is 1. The van der Waals surface area contributed by atoms with Gasteiger partial charge in [0.2, 0.25) is 0 Å². The first kappa shape index (κ1) is 23.4. The summed E-state index contributed by atoms with van der Waals surface area (Å²) in [6.45, 7) is 0. The van der Waals surface area contributed by atoms with Crippen LogP contribution in [0.15, 0.2) is 148 Å². The minimum absolute atomic E-state index is 0.873. The van der Waals surface area contributed by atoms with Gasteiger partial charge in [-0.15, -0.1) is 0 Å². The Hall–Kier alpha value is -6.06. The second-order valence-corrected chi connectivity index (χ2v) is 12.0. The van der Waals surface area contributed by atoms with Gasteiger partial charge < -0.3 is 13.4 Å². The highest BCUT2D eigenvalue weighted by atomic mass is 16.3. The largest absolute Gasteiger partial charge is 0.456 e. The van der Waals surface area contributed by atoms with E-state index >= 15 is 0 Å². The summed E-state index contributed by atoms with van der Waals surface area (Å²) in [5.74, 6) is 0. The molecule has 0 radical (unpaired) electrons. The summed E-state index contributed by atoms with van der Waals surface area (Å²) in [5, 5.41) is 14.4. The fraction of sp³-hybridized carbons (Fsp3) is 0. The van der Waals surface area contributed by atoms with Crippen molar-refractivity contribution in [2.24, 2.45) is 0 Å². The average molecular weight is 574 g/mol. The van der Waals surface area contributed by atoms with E-state index < -0.39 is 0 Å². The van der Waals surface area contributed by atoms with Crippen LogP contribution in [0.2, 0.25) is 0 Å². The van der Waals surface area contributed by atoms with Crippen molar-refractivity contribution < 1.29 is 8.83 Å². The summed E-state index contributed by atoms with van der Waals surface area (Å²) in [4.78, 5) is 0. The molecule has 0 atom stereocenters. The third kappa shape index (κ3) is 2.86. The van der Waals surface area contributed by atoms with Gasteiger partial charge in [-0.2, -0.15) is 0 Å². The molecule has 0 fully saturated rings. The van der Waals surface area contributed by atoms with E-state index in [-0.39, 0.29) is 0 Å². The molecule has 0 spiro atoms. The van der Waals surface area contributed by atoms with Crippen LogP contribution in [0.3, 0.4) is 0 Å². The summed E-state index contributed by atoms with van der Waals surface area (Å²) >= 11 is 0. The molecule has 0 N–H and O–H groups in total. The van der Waals surface area contributed by atoms with Gasteiger partial charge in [-0.05, 0) is 51.9 Å². The third-order valence-corrected chi connectivity index (χ3v) is 9.74. The van der Waals surface area contributed by atoms with E-state index in [4.69, 9.17) is 8.83 Å². The lowest BCUT2D eigenvalue weighted by Gasteiger charge is -2.14. The van der Waals surface area contributed by atoms with Crippen LogP contribution in [-0.2, 0) is 0 Å². The predicted octanol–water partition coefficient (Wildman–Crippen LogP) is 12.0. The van der Waals surface area contributed by atoms with Crippen molar-refractivity contribution in [3.05, 3.63) is 140 Å². The minimum atomic E-state index is 0.873. The molecule has 3 aromatic heterocycles.